The van der Waals surface area contributed by atoms with Crippen molar-refractivity contribution in [3.63, 3.8) is 0 Å². The second kappa shape index (κ2) is 7.04. The van der Waals surface area contributed by atoms with Gasteiger partial charge in [0.2, 0.25) is 5.91 Å². The van der Waals surface area contributed by atoms with Gasteiger partial charge in [0.25, 0.3) is 0 Å². The molecule has 4 aromatic rings. The third kappa shape index (κ3) is 2.99. The van der Waals surface area contributed by atoms with E-state index in [4.69, 9.17) is 16.6 Å². The molecule has 1 fully saturated rings. The van der Waals surface area contributed by atoms with Crippen LogP contribution in [0.2, 0.25) is 5.15 Å². The van der Waals surface area contributed by atoms with Gasteiger partial charge >= 0.3 is 0 Å². The van der Waals surface area contributed by atoms with Crippen LogP contribution in [0.3, 0.4) is 0 Å². The van der Waals surface area contributed by atoms with E-state index in [9.17, 15) is 4.79 Å². The first kappa shape index (κ1) is 17.4. The van der Waals surface area contributed by atoms with Crippen LogP contribution >= 0.6 is 22.9 Å². The van der Waals surface area contributed by atoms with Gasteiger partial charge in [-0.2, -0.15) is 0 Å². The molecular weight excluding hydrogens is 392 g/mol. The minimum atomic E-state index is -0.0243. The van der Waals surface area contributed by atoms with E-state index < -0.39 is 0 Å². The summed E-state index contributed by atoms with van der Waals surface area (Å²) >= 11 is 7.94. The van der Waals surface area contributed by atoms with Crippen molar-refractivity contribution in [1.82, 2.24) is 19.3 Å². The van der Waals surface area contributed by atoms with Crippen LogP contribution in [0.4, 0.5) is 0 Å². The van der Waals surface area contributed by atoms with Gasteiger partial charge in [-0.3, -0.25) is 9.20 Å². The third-order valence-electron chi connectivity index (χ3n) is 5.04. The number of hydrogen-bond donors (Lipinski definition) is 0. The third-order valence-corrected chi connectivity index (χ3v) is 6.45. The molecular formula is C21H17ClN4OS. The monoisotopic (exact) mass is 408 g/mol. The molecule has 0 bridgehead atoms. The lowest BCUT2D eigenvalue weighted by atomic mass is 10.2. The van der Waals surface area contributed by atoms with E-state index in [1.165, 1.54) is 0 Å². The van der Waals surface area contributed by atoms with Gasteiger partial charge in [0, 0.05) is 18.8 Å². The van der Waals surface area contributed by atoms with Crippen LogP contribution in [0.1, 0.15) is 29.6 Å². The summed E-state index contributed by atoms with van der Waals surface area (Å²) in [5.74, 6) is -0.0243. The van der Waals surface area contributed by atoms with E-state index >= 15 is 0 Å². The van der Waals surface area contributed by atoms with Gasteiger partial charge < -0.3 is 4.90 Å². The maximum absolute atomic E-state index is 12.9. The van der Waals surface area contributed by atoms with Gasteiger partial charge in [0.1, 0.15) is 10.7 Å². The first-order valence-corrected chi connectivity index (χ1v) is 10.4. The molecule has 140 valence electrons. The van der Waals surface area contributed by atoms with Crippen molar-refractivity contribution in [2.45, 2.75) is 18.9 Å². The number of likely N-dealkylation sites (tertiary alicyclic amines) is 1. The van der Waals surface area contributed by atoms with E-state index in [2.05, 4.69) is 11.1 Å². The second-order valence-electron chi connectivity index (χ2n) is 6.76. The largest absolute Gasteiger partial charge is 0.330 e. The van der Waals surface area contributed by atoms with Gasteiger partial charge in [-0.25, -0.2) is 9.97 Å². The summed E-state index contributed by atoms with van der Waals surface area (Å²) in [6.07, 6.45) is 7.15. The Balaban J connectivity index is 1.42. The molecule has 1 atom stereocenters. The SMILES string of the molecule is O=C(C=Cc1c(Cl)nc2ccccn12)N1CCCC1c1nc2ccccc2s1. The molecule has 0 N–H and O–H groups in total. The molecule has 0 aliphatic carbocycles. The number of hydrogen-bond acceptors (Lipinski definition) is 4. The number of pyridine rings is 1. The molecule has 5 rings (SSSR count). The highest BCUT2D eigenvalue weighted by atomic mass is 35.5. The average molecular weight is 409 g/mol. The molecule has 0 spiro atoms. The first-order chi connectivity index (χ1) is 13.7. The summed E-state index contributed by atoms with van der Waals surface area (Å²) in [7, 11) is 0. The van der Waals surface area contributed by atoms with Crippen molar-refractivity contribution in [2.75, 3.05) is 6.54 Å². The summed E-state index contributed by atoms with van der Waals surface area (Å²) in [4.78, 5) is 23.9. The Labute approximate surface area is 170 Å². The van der Waals surface area contributed by atoms with Crippen molar-refractivity contribution >= 4 is 50.8 Å². The normalized spacial score (nSPS) is 17.3. The molecule has 3 aromatic heterocycles. The maximum atomic E-state index is 12.9. The zero-order valence-corrected chi connectivity index (χ0v) is 16.5. The Hall–Kier alpha value is -2.70. The predicted molar refractivity (Wildman–Crippen MR) is 113 cm³/mol. The Morgan fingerprint density at radius 1 is 1.18 bits per heavy atom. The predicted octanol–water partition coefficient (Wildman–Crippen LogP) is 4.97. The molecule has 0 saturated carbocycles. The van der Waals surface area contributed by atoms with Crippen molar-refractivity contribution in [2.24, 2.45) is 0 Å². The number of benzene rings is 1. The smallest absolute Gasteiger partial charge is 0.247 e. The van der Waals surface area contributed by atoms with Crippen molar-refractivity contribution in [1.29, 1.82) is 0 Å². The lowest BCUT2D eigenvalue weighted by Gasteiger charge is -2.21. The van der Waals surface area contributed by atoms with Crippen LogP contribution in [0.15, 0.2) is 54.7 Å². The number of carbonyl (C=O) groups excluding carboxylic acids is 1. The van der Waals surface area contributed by atoms with Gasteiger partial charge in [0.05, 0.1) is 22.0 Å². The standard InChI is InChI=1S/C21H17ClN4OS/c22-20-15(25-12-4-3-9-18(25)24-20)10-11-19(27)26-13-5-7-16(26)21-23-14-6-1-2-8-17(14)28-21/h1-4,6,8-12,16H,5,7,13H2. The van der Waals surface area contributed by atoms with Gasteiger partial charge in [-0.15, -0.1) is 11.3 Å². The lowest BCUT2D eigenvalue weighted by molar-refractivity contribution is -0.126. The Morgan fingerprint density at radius 2 is 2.04 bits per heavy atom. The summed E-state index contributed by atoms with van der Waals surface area (Å²) < 4.78 is 3.03. The number of fused-ring (bicyclic) bond motifs is 2. The second-order valence-corrected chi connectivity index (χ2v) is 8.18. The van der Waals surface area contributed by atoms with Crippen LogP contribution < -0.4 is 0 Å². The Kier molecular flexibility index (Phi) is 4.37. The number of amides is 1. The molecule has 1 saturated heterocycles. The fourth-order valence-corrected chi connectivity index (χ4v) is 5.06. The number of rotatable bonds is 3. The molecule has 28 heavy (non-hydrogen) atoms. The number of nitrogens with zero attached hydrogens (tertiary/aromatic N) is 4. The minimum absolute atomic E-state index is 0.0243. The summed E-state index contributed by atoms with van der Waals surface area (Å²) in [5.41, 5.74) is 2.46. The number of halogens is 1. The molecule has 4 heterocycles. The highest BCUT2D eigenvalue weighted by Crippen LogP contribution is 2.36. The number of imidazole rings is 1. The van der Waals surface area contributed by atoms with Crippen LogP contribution in [-0.2, 0) is 4.79 Å². The van der Waals surface area contributed by atoms with Crippen molar-refractivity contribution in [3.8, 4) is 0 Å². The average Bonchev–Trinajstić information content (AvgIpc) is 3.42. The molecule has 5 nitrogen and oxygen atoms in total. The molecule has 1 unspecified atom stereocenters. The topological polar surface area (TPSA) is 50.5 Å². The van der Waals surface area contributed by atoms with Gasteiger partial charge in [-0.05, 0) is 43.2 Å². The summed E-state index contributed by atoms with van der Waals surface area (Å²) in [5, 5.41) is 1.40. The summed E-state index contributed by atoms with van der Waals surface area (Å²) in [6, 6.07) is 13.8. The van der Waals surface area contributed by atoms with Crippen molar-refractivity contribution < 1.29 is 4.79 Å². The molecule has 1 aliphatic rings. The fourth-order valence-electron chi connectivity index (χ4n) is 3.70. The first-order valence-electron chi connectivity index (χ1n) is 9.17. The van der Waals surface area contributed by atoms with Crippen LogP contribution in [-0.4, -0.2) is 31.7 Å². The number of aromatic nitrogens is 3. The van der Waals surface area contributed by atoms with E-state index in [0.29, 0.717) is 10.8 Å². The molecule has 1 aromatic carbocycles. The van der Waals surface area contributed by atoms with E-state index in [0.717, 1.165) is 40.3 Å². The number of para-hydroxylation sites is 1. The van der Waals surface area contributed by atoms with E-state index in [1.807, 2.05) is 51.9 Å². The fraction of sp³-hybridized carbons (Fsp3) is 0.190. The van der Waals surface area contributed by atoms with E-state index in [-0.39, 0.29) is 11.9 Å². The zero-order chi connectivity index (χ0) is 19.1. The number of carbonyl (C=O) groups is 1. The van der Waals surface area contributed by atoms with Gasteiger partial charge in [0.15, 0.2) is 5.15 Å². The minimum Gasteiger partial charge on any atom is -0.330 e. The lowest BCUT2D eigenvalue weighted by Crippen LogP contribution is -2.28. The van der Waals surface area contributed by atoms with Crippen LogP contribution in [0, 0.1) is 0 Å². The molecule has 0 radical (unpaired) electrons. The van der Waals surface area contributed by atoms with Gasteiger partial charge in [-0.1, -0.05) is 29.8 Å². The van der Waals surface area contributed by atoms with Crippen LogP contribution in [0.5, 0.6) is 0 Å². The molecule has 7 heteroatoms. The Bertz CT molecular complexity index is 1180. The highest BCUT2D eigenvalue weighted by Gasteiger charge is 2.31. The zero-order valence-electron chi connectivity index (χ0n) is 15.0. The molecule has 1 aliphatic heterocycles. The number of thiazole rings is 1. The summed E-state index contributed by atoms with van der Waals surface area (Å²) in [6.45, 7) is 0.741. The quantitative estimate of drug-likeness (QED) is 0.449. The van der Waals surface area contributed by atoms with Crippen molar-refractivity contribution in [3.05, 3.63) is 70.6 Å². The molecule has 1 amide bonds. The highest BCUT2D eigenvalue weighted by molar-refractivity contribution is 7.18. The van der Waals surface area contributed by atoms with E-state index in [1.54, 1.807) is 23.5 Å². The van der Waals surface area contributed by atoms with Crippen LogP contribution in [0.25, 0.3) is 21.9 Å². The maximum Gasteiger partial charge on any atom is 0.247 e. The Morgan fingerprint density at radius 3 is 2.93 bits per heavy atom.